The fourth-order valence-electron chi connectivity index (χ4n) is 1.19. The van der Waals surface area contributed by atoms with E-state index < -0.39 is 0 Å². The Balaban J connectivity index is 2.54. The lowest BCUT2D eigenvalue weighted by Gasteiger charge is -2.12. The third kappa shape index (κ3) is 1.42. The predicted octanol–water partition coefficient (Wildman–Crippen LogP) is 1.61. The lowest BCUT2D eigenvalue weighted by molar-refractivity contribution is -0.116. The van der Waals surface area contributed by atoms with E-state index in [1.54, 1.807) is 12.3 Å². The molecule has 0 N–H and O–H groups in total. The summed E-state index contributed by atoms with van der Waals surface area (Å²) >= 11 is 5.81. The van der Waals surface area contributed by atoms with E-state index in [4.69, 9.17) is 11.8 Å². The van der Waals surface area contributed by atoms with E-state index >= 15 is 0 Å². The van der Waals surface area contributed by atoms with E-state index in [0.29, 0.717) is 5.69 Å². The van der Waals surface area contributed by atoms with Gasteiger partial charge in [-0.3, -0.25) is 9.79 Å². The van der Waals surface area contributed by atoms with Crippen LogP contribution in [-0.4, -0.2) is 18.7 Å². The summed E-state index contributed by atoms with van der Waals surface area (Å²) in [6.07, 6.45) is 1.66. The molecule has 3 nitrogen and oxygen atoms in total. The first-order valence-electron chi connectivity index (χ1n) is 3.86. The van der Waals surface area contributed by atoms with Gasteiger partial charge >= 0.3 is 0 Å². The van der Waals surface area contributed by atoms with Crippen LogP contribution in [0, 0.1) is 0 Å². The number of anilines is 1. The highest BCUT2D eigenvalue weighted by molar-refractivity contribution is 6.38. The van der Waals surface area contributed by atoms with Crippen molar-refractivity contribution in [2.24, 2.45) is 4.99 Å². The van der Waals surface area contributed by atoms with Crippen molar-refractivity contribution in [2.45, 2.75) is 0 Å². The number of amides is 1. The number of carbonyl (C=O) groups is 1. The quantitative estimate of drug-likeness (QED) is 0.578. The third-order valence-electron chi connectivity index (χ3n) is 1.82. The third-order valence-corrected chi connectivity index (χ3v) is 2.19. The molecule has 0 saturated carbocycles. The molecular weight excluding hydrogens is 188 g/mol. The second kappa shape index (κ2) is 3.18. The molecule has 0 radical (unpaired) electrons. The van der Waals surface area contributed by atoms with Crippen LogP contribution >= 0.6 is 11.8 Å². The number of benzene rings is 1. The molecule has 0 aliphatic carbocycles. The van der Waals surface area contributed by atoms with Crippen molar-refractivity contribution in [1.29, 1.82) is 0 Å². The molecule has 66 valence electrons. The van der Waals surface area contributed by atoms with Gasteiger partial charge in [-0.1, -0.05) is 18.2 Å². The van der Waals surface area contributed by atoms with Crippen molar-refractivity contribution in [3.8, 4) is 0 Å². The SMILES string of the molecule is O=C1CN=Cc2ccccc2N1Cl. The molecule has 1 amide bonds. The molecule has 1 aliphatic heterocycles. The van der Waals surface area contributed by atoms with E-state index in [-0.39, 0.29) is 12.5 Å². The van der Waals surface area contributed by atoms with Crippen LogP contribution in [-0.2, 0) is 4.79 Å². The molecule has 1 aromatic carbocycles. The summed E-state index contributed by atoms with van der Waals surface area (Å²) in [6, 6.07) is 7.37. The Morgan fingerprint density at radius 3 is 3.00 bits per heavy atom. The molecule has 1 aliphatic rings. The molecule has 0 unspecified atom stereocenters. The topological polar surface area (TPSA) is 32.7 Å². The van der Waals surface area contributed by atoms with Crippen molar-refractivity contribution in [1.82, 2.24) is 0 Å². The van der Waals surface area contributed by atoms with Crippen molar-refractivity contribution < 1.29 is 4.79 Å². The maximum Gasteiger partial charge on any atom is 0.263 e. The van der Waals surface area contributed by atoms with Crippen LogP contribution in [0.4, 0.5) is 5.69 Å². The number of fused-ring (bicyclic) bond motifs is 1. The lowest BCUT2D eigenvalue weighted by Crippen LogP contribution is -2.22. The maximum atomic E-state index is 11.3. The van der Waals surface area contributed by atoms with Crippen LogP contribution in [0.5, 0.6) is 0 Å². The fraction of sp³-hybridized carbons (Fsp3) is 0.111. The van der Waals surface area contributed by atoms with Crippen molar-refractivity contribution in [2.75, 3.05) is 11.0 Å². The van der Waals surface area contributed by atoms with Gasteiger partial charge in [0.1, 0.15) is 6.54 Å². The fourth-order valence-corrected chi connectivity index (χ4v) is 1.40. The Hall–Kier alpha value is -1.35. The number of rotatable bonds is 0. The van der Waals surface area contributed by atoms with Crippen molar-refractivity contribution in [3.05, 3.63) is 29.8 Å². The van der Waals surface area contributed by atoms with Gasteiger partial charge in [-0.05, 0) is 6.07 Å². The summed E-state index contributed by atoms with van der Waals surface area (Å²) in [7, 11) is 0. The van der Waals surface area contributed by atoms with Crippen LogP contribution in [0.25, 0.3) is 0 Å². The first kappa shape index (κ1) is 8.26. The van der Waals surface area contributed by atoms with Gasteiger partial charge in [0, 0.05) is 23.6 Å². The number of hydrogen-bond donors (Lipinski definition) is 0. The molecule has 4 heteroatoms. The predicted molar refractivity (Wildman–Crippen MR) is 52.2 cm³/mol. The monoisotopic (exact) mass is 194 g/mol. The molecule has 0 aromatic heterocycles. The minimum Gasteiger partial charge on any atom is -0.282 e. The van der Waals surface area contributed by atoms with Crippen molar-refractivity contribution in [3.63, 3.8) is 0 Å². The number of nitrogens with zero attached hydrogens (tertiary/aromatic N) is 2. The van der Waals surface area contributed by atoms with Crippen LogP contribution in [0.2, 0.25) is 0 Å². The Labute approximate surface area is 80.8 Å². The molecule has 0 bridgehead atoms. The molecule has 0 spiro atoms. The van der Waals surface area contributed by atoms with Crippen LogP contribution in [0.3, 0.4) is 0 Å². The average Bonchev–Trinajstić information content (AvgIpc) is 2.29. The summed E-state index contributed by atoms with van der Waals surface area (Å²) in [5.74, 6) is -0.206. The van der Waals surface area contributed by atoms with Gasteiger partial charge in [0.15, 0.2) is 0 Å². The number of benzodiazepines with no additional fused rings is 1. The number of para-hydroxylation sites is 1. The number of carbonyl (C=O) groups excluding carboxylic acids is 1. The second-order valence-electron chi connectivity index (χ2n) is 2.70. The minimum absolute atomic E-state index is 0.109. The second-order valence-corrected chi connectivity index (χ2v) is 3.04. The Bertz CT molecular complexity index is 376. The average molecular weight is 195 g/mol. The molecule has 13 heavy (non-hydrogen) atoms. The zero-order valence-electron chi connectivity index (χ0n) is 6.77. The molecule has 1 heterocycles. The number of aliphatic imine (C=N–C) groups is 1. The highest BCUT2D eigenvalue weighted by Gasteiger charge is 2.17. The normalized spacial score (nSPS) is 15.5. The zero-order valence-corrected chi connectivity index (χ0v) is 7.53. The van der Waals surface area contributed by atoms with Gasteiger partial charge < -0.3 is 0 Å². The molecule has 1 aromatic rings. The van der Waals surface area contributed by atoms with Crippen molar-refractivity contribution >= 4 is 29.6 Å². The van der Waals surface area contributed by atoms with Gasteiger partial charge in [-0.25, -0.2) is 4.42 Å². The number of halogens is 1. The summed E-state index contributed by atoms with van der Waals surface area (Å²) < 4.78 is 1.11. The Morgan fingerprint density at radius 1 is 1.38 bits per heavy atom. The molecule has 0 saturated heterocycles. The first-order chi connectivity index (χ1) is 6.29. The molecule has 0 atom stereocenters. The van der Waals surface area contributed by atoms with Gasteiger partial charge in [-0.15, -0.1) is 0 Å². The van der Waals surface area contributed by atoms with Gasteiger partial charge in [0.2, 0.25) is 0 Å². The summed E-state index contributed by atoms with van der Waals surface area (Å²) in [4.78, 5) is 15.2. The first-order valence-corrected chi connectivity index (χ1v) is 4.20. The molecular formula is C9H7ClN2O. The van der Waals surface area contributed by atoms with E-state index in [0.717, 1.165) is 9.98 Å². The lowest BCUT2D eigenvalue weighted by atomic mass is 10.2. The van der Waals surface area contributed by atoms with Crippen LogP contribution in [0.1, 0.15) is 5.56 Å². The molecule has 2 rings (SSSR count). The Morgan fingerprint density at radius 2 is 2.15 bits per heavy atom. The Kier molecular flexibility index (Phi) is 2.02. The standard InChI is InChI=1S/C9H7ClN2O/c10-12-8-4-2-1-3-7(8)5-11-6-9(12)13/h1-5H,6H2. The van der Waals surface area contributed by atoms with Gasteiger partial charge in [0.05, 0.1) is 5.69 Å². The van der Waals surface area contributed by atoms with Crippen LogP contribution in [0.15, 0.2) is 29.3 Å². The van der Waals surface area contributed by atoms with E-state index in [1.165, 1.54) is 0 Å². The maximum absolute atomic E-state index is 11.3. The zero-order chi connectivity index (χ0) is 9.26. The molecule has 0 fully saturated rings. The van der Waals surface area contributed by atoms with Crippen LogP contribution < -0.4 is 4.42 Å². The highest BCUT2D eigenvalue weighted by atomic mass is 35.5. The van der Waals surface area contributed by atoms with Gasteiger partial charge in [-0.2, -0.15) is 0 Å². The van der Waals surface area contributed by atoms with Gasteiger partial charge in [0.25, 0.3) is 5.91 Å². The summed E-state index contributed by atoms with van der Waals surface area (Å²) in [5, 5.41) is 0. The van der Waals surface area contributed by atoms with E-state index in [1.807, 2.05) is 18.2 Å². The highest BCUT2D eigenvalue weighted by Crippen LogP contribution is 2.22. The summed E-state index contributed by atoms with van der Waals surface area (Å²) in [5.41, 5.74) is 1.55. The summed E-state index contributed by atoms with van der Waals surface area (Å²) in [6.45, 7) is 0.109. The minimum atomic E-state index is -0.206. The number of hydrogen-bond acceptors (Lipinski definition) is 2. The van der Waals surface area contributed by atoms with E-state index in [9.17, 15) is 4.79 Å². The van der Waals surface area contributed by atoms with E-state index in [2.05, 4.69) is 4.99 Å². The smallest absolute Gasteiger partial charge is 0.263 e. The largest absolute Gasteiger partial charge is 0.282 e.